The lowest BCUT2D eigenvalue weighted by atomic mass is 9.89. The molecule has 2 heterocycles. The van der Waals surface area contributed by atoms with Crippen LogP contribution in [0, 0.1) is 12.8 Å². The molecule has 1 aromatic rings. The summed E-state index contributed by atoms with van der Waals surface area (Å²) in [6.45, 7) is 3.52. The second-order valence-corrected chi connectivity index (χ2v) is 6.90. The van der Waals surface area contributed by atoms with E-state index in [2.05, 4.69) is 14.9 Å². The first-order chi connectivity index (χ1) is 12.3. The number of rotatable bonds is 7. The predicted molar refractivity (Wildman–Crippen MR) is 99.7 cm³/mol. The number of aryl methyl sites for hydroxylation is 1. The van der Waals surface area contributed by atoms with Crippen LogP contribution in [0.15, 0.2) is 6.07 Å². The van der Waals surface area contributed by atoms with E-state index in [4.69, 9.17) is 10.8 Å². The van der Waals surface area contributed by atoms with Gasteiger partial charge in [-0.2, -0.15) is 4.98 Å². The molecule has 1 amide bonds. The Morgan fingerprint density at radius 3 is 2.62 bits per heavy atom. The van der Waals surface area contributed by atoms with Crippen LogP contribution in [0.2, 0.25) is 0 Å². The minimum Gasteiger partial charge on any atom is -0.465 e. The number of nitrogens with two attached hydrogens (primary N) is 1. The van der Waals surface area contributed by atoms with E-state index in [0.29, 0.717) is 12.2 Å². The molecule has 144 valence electrons. The van der Waals surface area contributed by atoms with E-state index < -0.39 is 6.09 Å². The van der Waals surface area contributed by atoms with Gasteiger partial charge in [-0.15, -0.1) is 0 Å². The van der Waals surface area contributed by atoms with Gasteiger partial charge in [-0.05, 0) is 25.7 Å². The smallest absolute Gasteiger partial charge is 0.407 e. The van der Waals surface area contributed by atoms with Crippen molar-refractivity contribution in [3.05, 3.63) is 11.8 Å². The number of anilines is 2. The fourth-order valence-corrected chi connectivity index (χ4v) is 3.16. The van der Waals surface area contributed by atoms with Gasteiger partial charge in [0.15, 0.2) is 0 Å². The molecule has 0 saturated carbocycles. The van der Waals surface area contributed by atoms with E-state index in [1.54, 1.807) is 0 Å². The Morgan fingerprint density at radius 1 is 1.42 bits per heavy atom. The van der Waals surface area contributed by atoms with Crippen molar-refractivity contribution in [1.29, 1.82) is 0 Å². The first-order valence-corrected chi connectivity index (χ1v) is 8.77. The van der Waals surface area contributed by atoms with Crippen LogP contribution in [0.3, 0.4) is 0 Å². The normalized spacial score (nSPS) is 16.2. The zero-order valence-electron chi connectivity index (χ0n) is 15.6. The number of aromatic nitrogens is 2. The number of carbonyl (C=O) groups is 2. The summed E-state index contributed by atoms with van der Waals surface area (Å²) in [7, 11) is 3.90. The van der Waals surface area contributed by atoms with Gasteiger partial charge in [-0.25, -0.2) is 9.78 Å². The largest absolute Gasteiger partial charge is 0.465 e. The lowest BCUT2D eigenvalue weighted by Gasteiger charge is -2.36. The van der Waals surface area contributed by atoms with Gasteiger partial charge in [0, 0.05) is 51.5 Å². The van der Waals surface area contributed by atoms with Gasteiger partial charge in [-0.3, -0.25) is 4.90 Å². The second-order valence-electron chi connectivity index (χ2n) is 6.90. The maximum Gasteiger partial charge on any atom is 0.407 e. The van der Waals surface area contributed by atoms with E-state index in [1.807, 2.05) is 32.0 Å². The maximum atomic E-state index is 11.1. The number of aldehydes is 1. The van der Waals surface area contributed by atoms with Crippen molar-refractivity contribution in [3.63, 3.8) is 0 Å². The Morgan fingerprint density at radius 2 is 2.08 bits per heavy atom. The minimum absolute atomic E-state index is 0.147. The highest BCUT2D eigenvalue weighted by molar-refractivity contribution is 5.69. The third-order valence-electron chi connectivity index (χ3n) is 4.71. The third-order valence-corrected chi connectivity index (χ3v) is 4.71. The highest BCUT2D eigenvalue weighted by atomic mass is 16.4. The van der Waals surface area contributed by atoms with Crippen molar-refractivity contribution in [2.24, 2.45) is 11.7 Å². The van der Waals surface area contributed by atoms with Crippen molar-refractivity contribution >= 4 is 24.1 Å². The van der Waals surface area contributed by atoms with Crippen molar-refractivity contribution in [1.82, 2.24) is 14.9 Å². The average Bonchev–Trinajstić information content (AvgIpc) is 2.60. The summed E-state index contributed by atoms with van der Waals surface area (Å²) in [5.41, 5.74) is 7.13. The SMILES string of the molecule is Cc1cc(N(C)C)nc(N2CCC(C(N)CN(CC=O)C(=O)O)CC2)n1. The Balaban J connectivity index is 1.96. The maximum absolute atomic E-state index is 11.1. The van der Waals surface area contributed by atoms with Crippen LogP contribution >= 0.6 is 0 Å². The summed E-state index contributed by atoms with van der Waals surface area (Å²) >= 11 is 0. The molecular formula is C17H28N6O3. The topological polar surface area (TPSA) is 116 Å². The van der Waals surface area contributed by atoms with Crippen LogP contribution in [0.25, 0.3) is 0 Å². The molecule has 0 aliphatic carbocycles. The fourth-order valence-electron chi connectivity index (χ4n) is 3.16. The van der Waals surface area contributed by atoms with Gasteiger partial charge in [0.1, 0.15) is 12.1 Å². The highest BCUT2D eigenvalue weighted by Gasteiger charge is 2.28. The summed E-state index contributed by atoms with van der Waals surface area (Å²) in [5.74, 6) is 1.80. The molecule has 1 unspecified atom stereocenters. The van der Waals surface area contributed by atoms with Gasteiger partial charge < -0.3 is 25.4 Å². The van der Waals surface area contributed by atoms with Crippen molar-refractivity contribution in [2.45, 2.75) is 25.8 Å². The number of carboxylic acid groups (broad SMARTS) is 1. The van der Waals surface area contributed by atoms with Crippen molar-refractivity contribution in [3.8, 4) is 0 Å². The Bertz CT molecular complexity index is 631. The molecule has 1 aliphatic rings. The standard InChI is InChI=1S/C17H28N6O3/c1-12-10-15(21(2)3)20-16(19-12)22-6-4-13(5-7-22)14(18)11-23(8-9-24)17(25)26/h9-10,13-14H,4-8,11,18H2,1-3H3,(H,25,26). The zero-order chi connectivity index (χ0) is 19.3. The van der Waals surface area contributed by atoms with Crippen LogP contribution in [-0.2, 0) is 4.79 Å². The van der Waals surface area contributed by atoms with E-state index in [0.717, 1.165) is 42.3 Å². The Kier molecular flexibility index (Phi) is 6.73. The first kappa shape index (κ1) is 19.9. The summed E-state index contributed by atoms with van der Waals surface area (Å²) < 4.78 is 0. The van der Waals surface area contributed by atoms with Crippen molar-refractivity contribution < 1.29 is 14.7 Å². The van der Waals surface area contributed by atoms with Gasteiger partial charge in [0.25, 0.3) is 0 Å². The van der Waals surface area contributed by atoms with E-state index in [9.17, 15) is 9.59 Å². The number of amides is 1. The predicted octanol–water partition coefficient (Wildman–Crippen LogP) is 0.574. The van der Waals surface area contributed by atoms with E-state index in [1.165, 1.54) is 0 Å². The van der Waals surface area contributed by atoms with Crippen LogP contribution in [0.5, 0.6) is 0 Å². The molecule has 1 aliphatic heterocycles. The number of hydrogen-bond acceptors (Lipinski definition) is 7. The molecule has 26 heavy (non-hydrogen) atoms. The number of piperidine rings is 1. The summed E-state index contributed by atoms with van der Waals surface area (Å²) in [6, 6.07) is 1.66. The summed E-state index contributed by atoms with van der Waals surface area (Å²) in [4.78, 5) is 36.1. The van der Waals surface area contributed by atoms with Crippen molar-refractivity contribution in [2.75, 3.05) is 50.1 Å². The molecule has 1 saturated heterocycles. The van der Waals surface area contributed by atoms with Crippen LogP contribution in [0.4, 0.5) is 16.6 Å². The molecule has 0 radical (unpaired) electrons. The van der Waals surface area contributed by atoms with Crippen LogP contribution in [-0.4, -0.2) is 78.7 Å². The molecule has 1 aromatic heterocycles. The molecule has 0 bridgehead atoms. The minimum atomic E-state index is -1.12. The summed E-state index contributed by atoms with van der Waals surface area (Å²) in [6.07, 6.45) is 1.14. The van der Waals surface area contributed by atoms with Gasteiger partial charge in [-0.1, -0.05) is 0 Å². The lowest BCUT2D eigenvalue weighted by Crippen LogP contribution is -2.48. The highest BCUT2D eigenvalue weighted by Crippen LogP contribution is 2.24. The molecule has 1 fully saturated rings. The molecule has 3 N–H and O–H groups in total. The number of nitrogens with zero attached hydrogens (tertiary/aromatic N) is 5. The van der Waals surface area contributed by atoms with Crippen LogP contribution in [0.1, 0.15) is 18.5 Å². The fraction of sp³-hybridized carbons (Fsp3) is 0.647. The van der Waals surface area contributed by atoms with Gasteiger partial charge >= 0.3 is 6.09 Å². The lowest BCUT2D eigenvalue weighted by molar-refractivity contribution is -0.108. The second kappa shape index (κ2) is 8.79. The Labute approximate surface area is 153 Å². The molecule has 0 spiro atoms. The summed E-state index contributed by atoms with van der Waals surface area (Å²) in [5, 5.41) is 9.12. The monoisotopic (exact) mass is 364 g/mol. The van der Waals surface area contributed by atoms with Gasteiger partial charge in [0.2, 0.25) is 5.95 Å². The molecule has 9 nitrogen and oxygen atoms in total. The number of hydrogen-bond donors (Lipinski definition) is 2. The molecule has 0 aromatic carbocycles. The molecular weight excluding hydrogens is 336 g/mol. The number of carbonyl (C=O) groups excluding carboxylic acids is 1. The molecule has 9 heteroatoms. The Hall–Kier alpha value is -2.42. The third kappa shape index (κ3) is 5.04. The van der Waals surface area contributed by atoms with E-state index in [-0.39, 0.29) is 25.0 Å². The molecule has 1 atom stereocenters. The average molecular weight is 364 g/mol. The molecule has 2 rings (SSSR count). The zero-order valence-corrected chi connectivity index (χ0v) is 15.6. The van der Waals surface area contributed by atoms with Crippen LogP contribution < -0.4 is 15.5 Å². The first-order valence-electron chi connectivity index (χ1n) is 8.77. The van der Waals surface area contributed by atoms with E-state index >= 15 is 0 Å². The quantitative estimate of drug-likeness (QED) is 0.675. The van der Waals surface area contributed by atoms with Gasteiger partial charge in [0.05, 0.1) is 6.54 Å².